The van der Waals surface area contributed by atoms with Crippen LogP contribution in [0.5, 0.6) is 0 Å². The maximum absolute atomic E-state index is 2.42. The third kappa shape index (κ3) is 6.01. The van der Waals surface area contributed by atoms with Gasteiger partial charge < -0.3 is 0 Å². The first kappa shape index (κ1) is 13.5. The summed E-state index contributed by atoms with van der Waals surface area (Å²) >= 11 is 0. The van der Waals surface area contributed by atoms with Gasteiger partial charge in [0.25, 0.3) is 0 Å². The first-order valence-electron chi connectivity index (χ1n) is 5.97. The van der Waals surface area contributed by atoms with E-state index in [0.717, 1.165) is 5.92 Å². The summed E-state index contributed by atoms with van der Waals surface area (Å²) in [4.78, 5) is 0. The van der Waals surface area contributed by atoms with Crippen molar-refractivity contribution in [2.45, 2.75) is 53.9 Å². The van der Waals surface area contributed by atoms with Gasteiger partial charge in [-0.25, -0.2) is 0 Å². The molecule has 0 aromatic heterocycles. The Bertz CT molecular complexity index is 186. The summed E-state index contributed by atoms with van der Waals surface area (Å²) in [7, 11) is 0. The molecular formula is C14H26. The van der Waals surface area contributed by atoms with Gasteiger partial charge in [0.15, 0.2) is 0 Å². The lowest BCUT2D eigenvalue weighted by atomic mass is 9.95. The van der Waals surface area contributed by atoms with Crippen LogP contribution in [0.4, 0.5) is 0 Å². The van der Waals surface area contributed by atoms with E-state index in [1.807, 2.05) is 0 Å². The van der Waals surface area contributed by atoms with Crippen LogP contribution in [0.2, 0.25) is 0 Å². The summed E-state index contributed by atoms with van der Waals surface area (Å²) < 4.78 is 0. The Labute approximate surface area is 90.1 Å². The van der Waals surface area contributed by atoms with Gasteiger partial charge in [-0.2, -0.15) is 0 Å². The van der Waals surface area contributed by atoms with Crippen molar-refractivity contribution in [1.29, 1.82) is 0 Å². The molecule has 0 bridgehead atoms. The molecule has 0 spiro atoms. The number of rotatable bonds is 6. The highest BCUT2D eigenvalue weighted by molar-refractivity contribution is 5.19. The summed E-state index contributed by atoms with van der Waals surface area (Å²) in [6, 6.07) is 0. The number of allylic oxidation sites excluding steroid dienone is 4. The minimum atomic E-state index is 0.713. The highest BCUT2D eigenvalue weighted by Crippen LogP contribution is 2.18. The number of hydrogen-bond acceptors (Lipinski definition) is 0. The van der Waals surface area contributed by atoms with E-state index in [1.54, 1.807) is 0 Å². The van der Waals surface area contributed by atoms with Crippen LogP contribution in [0.3, 0.4) is 0 Å². The van der Waals surface area contributed by atoms with Crippen LogP contribution in [0.15, 0.2) is 23.8 Å². The lowest BCUT2D eigenvalue weighted by molar-refractivity contribution is 0.557. The standard InChI is InChI=1S/C14H26/c1-6-9-14(10-12(4)7-2)11-13(5)8-3/h6,9-10,12-13H,7-8,11H2,1-5H3. The average Bonchev–Trinajstić information content (AvgIpc) is 2.17. The lowest BCUT2D eigenvalue weighted by Crippen LogP contribution is -1.96. The summed E-state index contributed by atoms with van der Waals surface area (Å²) in [6.45, 7) is 11.2. The van der Waals surface area contributed by atoms with Crippen LogP contribution in [-0.4, -0.2) is 0 Å². The SMILES string of the molecule is CC=CC(=CC(C)CC)CC(C)CC. The highest BCUT2D eigenvalue weighted by Gasteiger charge is 2.02. The van der Waals surface area contributed by atoms with Crippen molar-refractivity contribution in [3.8, 4) is 0 Å². The maximum Gasteiger partial charge on any atom is -0.0256 e. The van der Waals surface area contributed by atoms with Crippen molar-refractivity contribution >= 4 is 0 Å². The quantitative estimate of drug-likeness (QED) is 0.524. The molecule has 0 saturated carbocycles. The molecule has 0 aliphatic rings. The molecule has 0 heterocycles. The molecule has 0 aliphatic carbocycles. The molecule has 0 rings (SSSR count). The maximum atomic E-state index is 2.42. The zero-order valence-electron chi connectivity index (χ0n) is 10.5. The third-order valence-corrected chi connectivity index (χ3v) is 2.80. The fraction of sp³-hybridized carbons (Fsp3) is 0.714. The summed E-state index contributed by atoms with van der Waals surface area (Å²) in [5.74, 6) is 1.52. The van der Waals surface area contributed by atoms with E-state index >= 15 is 0 Å². The molecule has 0 saturated heterocycles. The van der Waals surface area contributed by atoms with E-state index in [9.17, 15) is 0 Å². The van der Waals surface area contributed by atoms with E-state index in [1.165, 1.54) is 24.8 Å². The average molecular weight is 194 g/mol. The molecule has 0 heteroatoms. The lowest BCUT2D eigenvalue weighted by Gasteiger charge is -2.11. The molecular weight excluding hydrogens is 168 g/mol. The Hall–Kier alpha value is -0.520. The van der Waals surface area contributed by atoms with Crippen molar-refractivity contribution in [3.05, 3.63) is 23.8 Å². The molecule has 0 N–H and O–H groups in total. The molecule has 0 aromatic rings. The van der Waals surface area contributed by atoms with Crippen molar-refractivity contribution < 1.29 is 0 Å². The molecule has 0 amide bonds. The minimum absolute atomic E-state index is 0.713. The second kappa shape index (κ2) is 7.84. The van der Waals surface area contributed by atoms with Gasteiger partial charge in [-0.05, 0) is 25.2 Å². The second-order valence-electron chi connectivity index (χ2n) is 4.34. The third-order valence-electron chi connectivity index (χ3n) is 2.80. The summed E-state index contributed by atoms with van der Waals surface area (Å²) in [6.07, 6.45) is 10.6. The molecule has 0 fully saturated rings. The Morgan fingerprint density at radius 3 is 2.21 bits per heavy atom. The summed E-state index contributed by atoms with van der Waals surface area (Å²) in [5, 5.41) is 0. The fourth-order valence-electron chi connectivity index (χ4n) is 1.44. The van der Waals surface area contributed by atoms with Gasteiger partial charge in [0.1, 0.15) is 0 Å². The van der Waals surface area contributed by atoms with E-state index in [2.05, 4.69) is 52.8 Å². The van der Waals surface area contributed by atoms with Crippen LogP contribution >= 0.6 is 0 Å². The molecule has 0 radical (unpaired) electrons. The predicted molar refractivity (Wildman–Crippen MR) is 66.4 cm³/mol. The Morgan fingerprint density at radius 1 is 1.14 bits per heavy atom. The molecule has 2 atom stereocenters. The van der Waals surface area contributed by atoms with Gasteiger partial charge in [-0.1, -0.05) is 64.3 Å². The second-order valence-corrected chi connectivity index (χ2v) is 4.34. The minimum Gasteiger partial charge on any atom is -0.0874 e. The van der Waals surface area contributed by atoms with Crippen LogP contribution < -0.4 is 0 Å². The van der Waals surface area contributed by atoms with E-state index in [-0.39, 0.29) is 0 Å². The van der Waals surface area contributed by atoms with Crippen LogP contribution in [-0.2, 0) is 0 Å². The van der Waals surface area contributed by atoms with Gasteiger partial charge in [-0.3, -0.25) is 0 Å². The largest absolute Gasteiger partial charge is 0.0874 e. The number of hydrogen-bond donors (Lipinski definition) is 0. The van der Waals surface area contributed by atoms with Crippen LogP contribution in [0.1, 0.15) is 53.9 Å². The smallest absolute Gasteiger partial charge is 0.0256 e. The van der Waals surface area contributed by atoms with E-state index in [0.29, 0.717) is 5.92 Å². The van der Waals surface area contributed by atoms with E-state index in [4.69, 9.17) is 0 Å². The van der Waals surface area contributed by atoms with Gasteiger partial charge in [0.05, 0.1) is 0 Å². The first-order chi connectivity index (χ1) is 6.63. The van der Waals surface area contributed by atoms with Crippen LogP contribution in [0.25, 0.3) is 0 Å². The topological polar surface area (TPSA) is 0 Å². The van der Waals surface area contributed by atoms with Crippen molar-refractivity contribution in [3.63, 3.8) is 0 Å². The Balaban J connectivity index is 4.35. The van der Waals surface area contributed by atoms with Crippen molar-refractivity contribution in [2.24, 2.45) is 11.8 Å². The van der Waals surface area contributed by atoms with Gasteiger partial charge >= 0.3 is 0 Å². The molecule has 14 heavy (non-hydrogen) atoms. The predicted octanol–water partition coefficient (Wildman–Crippen LogP) is 4.97. The Kier molecular flexibility index (Phi) is 7.55. The van der Waals surface area contributed by atoms with Gasteiger partial charge in [0.2, 0.25) is 0 Å². The van der Waals surface area contributed by atoms with Crippen molar-refractivity contribution in [1.82, 2.24) is 0 Å². The van der Waals surface area contributed by atoms with Gasteiger partial charge in [-0.15, -0.1) is 0 Å². The molecule has 82 valence electrons. The normalized spacial score (nSPS) is 17.4. The van der Waals surface area contributed by atoms with Gasteiger partial charge in [0, 0.05) is 0 Å². The molecule has 2 unspecified atom stereocenters. The highest BCUT2D eigenvalue weighted by atomic mass is 14.1. The summed E-state index contributed by atoms with van der Waals surface area (Å²) in [5.41, 5.74) is 1.51. The van der Waals surface area contributed by atoms with Crippen molar-refractivity contribution in [2.75, 3.05) is 0 Å². The Morgan fingerprint density at radius 2 is 1.79 bits per heavy atom. The van der Waals surface area contributed by atoms with E-state index < -0.39 is 0 Å². The first-order valence-corrected chi connectivity index (χ1v) is 5.97. The van der Waals surface area contributed by atoms with Crippen LogP contribution in [0, 0.1) is 11.8 Å². The molecule has 0 aromatic carbocycles. The zero-order valence-corrected chi connectivity index (χ0v) is 10.5. The fourth-order valence-corrected chi connectivity index (χ4v) is 1.44. The monoisotopic (exact) mass is 194 g/mol. The molecule has 0 aliphatic heterocycles. The molecule has 0 nitrogen and oxygen atoms in total. The zero-order chi connectivity index (χ0) is 11.0.